The van der Waals surface area contributed by atoms with Gasteiger partial charge in [0, 0.05) is 0 Å². The Morgan fingerprint density at radius 1 is 1.25 bits per heavy atom. The summed E-state index contributed by atoms with van der Waals surface area (Å²) in [6.07, 6.45) is -0.650. The average Bonchev–Trinajstić information content (AvgIpc) is 1.94. The van der Waals surface area contributed by atoms with Crippen LogP contribution in [0.5, 0.6) is 0 Å². The Morgan fingerprint density at radius 2 is 2.12 bits per heavy atom. The predicted molar refractivity (Wildman–Crippen MR) is 23.3 cm³/mol. The predicted octanol–water partition coefficient (Wildman–Crippen LogP) is 0.127. The lowest BCUT2D eigenvalue weighted by molar-refractivity contribution is -0.000360. The van der Waals surface area contributed by atoms with Gasteiger partial charge in [-0.15, -0.1) is 0 Å². The Labute approximate surface area is 46.3 Å². The largest absolute Gasteiger partial charge is 0.510 e. The fourth-order valence-electron chi connectivity index (χ4n) is 0.374. The molecule has 1 aliphatic rings. The Bertz CT molecular complexity index is 80.0. The summed E-state index contributed by atoms with van der Waals surface area (Å²) in [5.41, 5.74) is 0. The van der Waals surface area contributed by atoms with Crippen molar-refractivity contribution in [1.29, 1.82) is 0 Å². The third kappa shape index (κ3) is 1.38. The van der Waals surface area contributed by atoms with Crippen molar-refractivity contribution in [1.82, 2.24) is 0 Å². The molecule has 0 aliphatic carbocycles. The van der Waals surface area contributed by atoms with E-state index in [4.69, 9.17) is 4.74 Å². The zero-order valence-corrected chi connectivity index (χ0v) is 4.25. The summed E-state index contributed by atoms with van der Waals surface area (Å²) in [7, 11) is 0. The Morgan fingerprint density at radius 3 is 3.00 bits per heavy atom. The normalized spacial score (nSPS) is 20.8. The SMILES string of the molecule is O=C1OCCOCO1. The maximum absolute atomic E-state index is 10.2. The highest BCUT2D eigenvalue weighted by Gasteiger charge is 2.06. The summed E-state index contributed by atoms with van der Waals surface area (Å²) < 4.78 is 13.4. The van der Waals surface area contributed by atoms with Gasteiger partial charge in [-0.2, -0.15) is 0 Å². The van der Waals surface area contributed by atoms with E-state index in [0.717, 1.165) is 0 Å². The van der Waals surface area contributed by atoms with Crippen molar-refractivity contribution in [3.8, 4) is 0 Å². The lowest BCUT2D eigenvalue weighted by Gasteiger charge is -1.93. The summed E-state index contributed by atoms with van der Waals surface area (Å²) >= 11 is 0. The maximum Gasteiger partial charge on any atom is 0.510 e. The molecular weight excluding hydrogens is 112 g/mol. The molecule has 0 aromatic carbocycles. The number of carbonyl (C=O) groups is 1. The molecule has 1 heterocycles. The van der Waals surface area contributed by atoms with Gasteiger partial charge < -0.3 is 14.2 Å². The van der Waals surface area contributed by atoms with E-state index in [1.165, 1.54) is 0 Å². The van der Waals surface area contributed by atoms with Gasteiger partial charge in [0.05, 0.1) is 6.61 Å². The second kappa shape index (κ2) is 2.52. The number of carbonyl (C=O) groups excluding carboxylic acids is 1. The van der Waals surface area contributed by atoms with Crippen LogP contribution < -0.4 is 0 Å². The molecule has 1 saturated heterocycles. The van der Waals surface area contributed by atoms with Gasteiger partial charge >= 0.3 is 6.16 Å². The molecule has 0 aromatic rings. The molecule has 0 unspecified atom stereocenters. The van der Waals surface area contributed by atoms with E-state index in [1.807, 2.05) is 0 Å². The first-order valence-corrected chi connectivity index (χ1v) is 2.27. The van der Waals surface area contributed by atoms with E-state index in [-0.39, 0.29) is 6.79 Å². The first-order chi connectivity index (χ1) is 3.89. The van der Waals surface area contributed by atoms with Crippen LogP contribution in [0.4, 0.5) is 4.79 Å². The van der Waals surface area contributed by atoms with Gasteiger partial charge in [0.15, 0.2) is 6.79 Å². The molecule has 8 heavy (non-hydrogen) atoms. The first kappa shape index (κ1) is 5.37. The molecule has 0 bridgehead atoms. The van der Waals surface area contributed by atoms with Gasteiger partial charge in [-0.05, 0) is 0 Å². The highest BCUT2D eigenvalue weighted by molar-refractivity contribution is 5.59. The molecule has 1 aliphatic heterocycles. The van der Waals surface area contributed by atoms with Crippen molar-refractivity contribution in [3.05, 3.63) is 0 Å². The number of hydrogen-bond acceptors (Lipinski definition) is 4. The molecule has 46 valence electrons. The molecule has 0 aromatic heterocycles. The topological polar surface area (TPSA) is 44.8 Å². The fourth-order valence-corrected chi connectivity index (χ4v) is 0.374. The summed E-state index contributed by atoms with van der Waals surface area (Å²) in [5, 5.41) is 0. The van der Waals surface area contributed by atoms with Crippen LogP contribution in [0.2, 0.25) is 0 Å². The summed E-state index contributed by atoms with van der Waals surface area (Å²) in [6.45, 7) is 0.726. The standard InChI is InChI=1S/C4H6O4/c5-4-7-2-1-6-3-8-4/h1-3H2. The average molecular weight is 118 g/mol. The zero-order valence-electron chi connectivity index (χ0n) is 4.25. The Balaban J connectivity index is 2.27. The van der Waals surface area contributed by atoms with E-state index >= 15 is 0 Å². The number of hydrogen-bond donors (Lipinski definition) is 0. The van der Waals surface area contributed by atoms with Gasteiger partial charge in [0.1, 0.15) is 6.61 Å². The van der Waals surface area contributed by atoms with Gasteiger partial charge in [0.25, 0.3) is 0 Å². The van der Waals surface area contributed by atoms with Crippen LogP contribution in [0.25, 0.3) is 0 Å². The summed E-state index contributed by atoms with van der Waals surface area (Å²) in [5.74, 6) is 0. The van der Waals surface area contributed by atoms with Crippen LogP contribution in [-0.4, -0.2) is 26.2 Å². The van der Waals surface area contributed by atoms with Crippen molar-refractivity contribution in [3.63, 3.8) is 0 Å². The highest BCUT2D eigenvalue weighted by atomic mass is 16.8. The second-order valence-corrected chi connectivity index (χ2v) is 1.27. The van der Waals surface area contributed by atoms with Crippen molar-refractivity contribution in [2.45, 2.75) is 0 Å². The molecule has 0 N–H and O–H groups in total. The first-order valence-electron chi connectivity index (χ1n) is 2.27. The van der Waals surface area contributed by atoms with Crippen LogP contribution >= 0.6 is 0 Å². The minimum atomic E-state index is -0.650. The van der Waals surface area contributed by atoms with E-state index in [1.54, 1.807) is 0 Å². The van der Waals surface area contributed by atoms with Crippen LogP contribution in [-0.2, 0) is 14.2 Å². The van der Waals surface area contributed by atoms with Crippen LogP contribution in [0.3, 0.4) is 0 Å². The third-order valence-electron chi connectivity index (χ3n) is 0.708. The fraction of sp³-hybridized carbons (Fsp3) is 0.750. The minimum absolute atomic E-state index is 0.0127. The smallest absolute Gasteiger partial charge is 0.432 e. The minimum Gasteiger partial charge on any atom is -0.432 e. The van der Waals surface area contributed by atoms with Crippen molar-refractivity contribution < 1.29 is 19.0 Å². The number of ether oxygens (including phenoxy) is 3. The monoisotopic (exact) mass is 118 g/mol. The van der Waals surface area contributed by atoms with E-state index in [9.17, 15) is 4.79 Å². The molecular formula is C4H6O4. The van der Waals surface area contributed by atoms with Gasteiger partial charge in [0.2, 0.25) is 0 Å². The van der Waals surface area contributed by atoms with Gasteiger partial charge in [-0.1, -0.05) is 0 Å². The lowest BCUT2D eigenvalue weighted by Crippen LogP contribution is -2.03. The number of cyclic esters (lactones) is 2. The number of rotatable bonds is 0. The van der Waals surface area contributed by atoms with E-state index in [0.29, 0.717) is 13.2 Å². The highest BCUT2D eigenvalue weighted by Crippen LogP contribution is 1.91. The Hall–Kier alpha value is -0.770. The molecule has 4 heteroatoms. The molecule has 4 nitrogen and oxygen atoms in total. The zero-order chi connectivity index (χ0) is 5.82. The maximum atomic E-state index is 10.2. The quantitative estimate of drug-likeness (QED) is 0.424. The van der Waals surface area contributed by atoms with Gasteiger partial charge in [-0.25, -0.2) is 4.79 Å². The molecule has 1 rings (SSSR count). The molecule has 1 fully saturated rings. The van der Waals surface area contributed by atoms with Gasteiger partial charge in [-0.3, -0.25) is 0 Å². The van der Waals surface area contributed by atoms with Crippen molar-refractivity contribution >= 4 is 6.16 Å². The van der Waals surface area contributed by atoms with E-state index < -0.39 is 6.16 Å². The van der Waals surface area contributed by atoms with E-state index in [2.05, 4.69) is 9.47 Å². The molecule has 0 spiro atoms. The molecule has 0 amide bonds. The Kier molecular flexibility index (Phi) is 1.69. The third-order valence-corrected chi connectivity index (χ3v) is 0.708. The summed E-state index contributed by atoms with van der Waals surface area (Å²) in [6, 6.07) is 0. The summed E-state index contributed by atoms with van der Waals surface area (Å²) in [4.78, 5) is 10.2. The van der Waals surface area contributed by atoms with Crippen molar-refractivity contribution in [2.24, 2.45) is 0 Å². The molecule has 0 saturated carbocycles. The van der Waals surface area contributed by atoms with Crippen LogP contribution in [0.1, 0.15) is 0 Å². The molecule has 0 radical (unpaired) electrons. The van der Waals surface area contributed by atoms with Crippen molar-refractivity contribution in [2.75, 3.05) is 20.0 Å². The second-order valence-electron chi connectivity index (χ2n) is 1.27. The lowest BCUT2D eigenvalue weighted by atomic mass is 10.8. The molecule has 0 atom stereocenters. The van der Waals surface area contributed by atoms with Crippen LogP contribution in [0, 0.1) is 0 Å². The van der Waals surface area contributed by atoms with Crippen LogP contribution in [0.15, 0.2) is 0 Å².